The van der Waals surface area contributed by atoms with E-state index in [1.807, 2.05) is 6.07 Å². The molecule has 0 radical (unpaired) electrons. The average Bonchev–Trinajstić information content (AvgIpc) is 2.85. The van der Waals surface area contributed by atoms with Gasteiger partial charge in [-0.15, -0.1) is 0 Å². The van der Waals surface area contributed by atoms with Gasteiger partial charge in [-0.05, 0) is 37.5 Å². The van der Waals surface area contributed by atoms with E-state index in [4.69, 9.17) is 21.6 Å². The Morgan fingerprint density at radius 2 is 2.20 bits per heavy atom. The quantitative estimate of drug-likeness (QED) is 0.922. The van der Waals surface area contributed by atoms with E-state index in [0.29, 0.717) is 0 Å². The summed E-state index contributed by atoms with van der Waals surface area (Å²) >= 11 is 5.87. The SMILES string of the molecule is COC1CCCC1NS(=O)(=O)c1ccc(C#N)c(Cl)c1. The molecule has 1 aliphatic carbocycles. The normalized spacial score (nSPS) is 22.6. The monoisotopic (exact) mass is 314 g/mol. The zero-order chi connectivity index (χ0) is 14.8. The van der Waals surface area contributed by atoms with E-state index in [9.17, 15) is 8.42 Å². The lowest BCUT2D eigenvalue weighted by Gasteiger charge is -2.19. The fourth-order valence-electron chi connectivity index (χ4n) is 2.36. The van der Waals surface area contributed by atoms with Gasteiger partial charge in [0.25, 0.3) is 0 Å². The molecule has 108 valence electrons. The van der Waals surface area contributed by atoms with Gasteiger partial charge in [-0.25, -0.2) is 13.1 Å². The van der Waals surface area contributed by atoms with E-state index in [2.05, 4.69) is 4.72 Å². The Hall–Kier alpha value is -1.13. The number of ether oxygens (including phenoxy) is 1. The molecule has 0 amide bonds. The zero-order valence-electron chi connectivity index (χ0n) is 11.0. The summed E-state index contributed by atoms with van der Waals surface area (Å²) in [7, 11) is -2.08. The smallest absolute Gasteiger partial charge is 0.240 e. The molecule has 1 aromatic rings. The van der Waals surface area contributed by atoms with Crippen molar-refractivity contribution in [1.29, 1.82) is 5.26 Å². The highest BCUT2D eigenvalue weighted by Gasteiger charge is 2.31. The van der Waals surface area contributed by atoms with Crippen molar-refractivity contribution in [2.75, 3.05) is 7.11 Å². The molecule has 0 saturated heterocycles. The highest BCUT2D eigenvalue weighted by molar-refractivity contribution is 7.89. The van der Waals surface area contributed by atoms with Crippen LogP contribution < -0.4 is 4.72 Å². The second-order valence-corrected chi connectivity index (χ2v) is 6.81. The van der Waals surface area contributed by atoms with Crippen molar-refractivity contribution in [2.45, 2.75) is 36.3 Å². The average molecular weight is 315 g/mol. The summed E-state index contributed by atoms with van der Waals surface area (Å²) in [6.45, 7) is 0. The first kappa shape index (κ1) is 15.3. The highest BCUT2D eigenvalue weighted by Crippen LogP contribution is 2.25. The predicted octanol–water partition coefficient (Wildman–Crippen LogP) is 2.06. The molecule has 0 heterocycles. The van der Waals surface area contributed by atoms with Gasteiger partial charge in [0.05, 0.1) is 21.6 Å². The van der Waals surface area contributed by atoms with E-state index in [0.717, 1.165) is 19.3 Å². The molecule has 20 heavy (non-hydrogen) atoms. The fraction of sp³-hybridized carbons (Fsp3) is 0.462. The van der Waals surface area contributed by atoms with E-state index >= 15 is 0 Å². The van der Waals surface area contributed by atoms with Gasteiger partial charge in [-0.1, -0.05) is 11.6 Å². The lowest BCUT2D eigenvalue weighted by atomic mass is 10.2. The van der Waals surface area contributed by atoms with Crippen molar-refractivity contribution in [3.8, 4) is 6.07 Å². The summed E-state index contributed by atoms with van der Waals surface area (Å²) in [5.74, 6) is 0. The molecule has 0 spiro atoms. The van der Waals surface area contributed by atoms with Gasteiger partial charge in [-0.2, -0.15) is 5.26 Å². The van der Waals surface area contributed by atoms with Crippen LogP contribution in [0.3, 0.4) is 0 Å². The first-order valence-corrected chi connectivity index (χ1v) is 8.09. The van der Waals surface area contributed by atoms with E-state index in [1.165, 1.54) is 18.2 Å². The molecule has 2 rings (SSSR count). The van der Waals surface area contributed by atoms with Crippen LogP contribution >= 0.6 is 11.6 Å². The van der Waals surface area contributed by atoms with Crippen molar-refractivity contribution in [3.05, 3.63) is 28.8 Å². The molecule has 1 fully saturated rings. The van der Waals surface area contributed by atoms with Crippen molar-refractivity contribution in [2.24, 2.45) is 0 Å². The van der Waals surface area contributed by atoms with Crippen molar-refractivity contribution in [1.82, 2.24) is 4.72 Å². The maximum absolute atomic E-state index is 12.3. The Morgan fingerprint density at radius 3 is 2.80 bits per heavy atom. The van der Waals surface area contributed by atoms with Crippen LogP contribution in [0.15, 0.2) is 23.1 Å². The van der Waals surface area contributed by atoms with Crippen LogP contribution in [-0.4, -0.2) is 27.7 Å². The minimum absolute atomic E-state index is 0.0586. The molecule has 1 aromatic carbocycles. The molecule has 1 saturated carbocycles. The van der Waals surface area contributed by atoms with Gasteiger partial charge in [0.15, 0.2) is 0 Å². The number of nitrogens with zero attached hydrogens (tertiary/aromatic N) is 1. The van der Waals surface area contributed by atoms with Crippen LogP contribution in [0.25, 0.3) is 0 Å². The number of nitriles is 1. The van der Waals surface area contributed by atoms with Crippen LogP contribution in [0.1, 0.15) is 24.8 Å². The molecule has 5 nitrogen and oxygen atoms in total. The number of hydrogen-bond donors (Lipinski definition) is 1. The summed E-state index contributed by atoms with van der Waals surface area (Å²) in [6.07, 6.45) is 2.43. The first-order chi connectivity index (χ1) is 9.47. The van der Waals surface area contributed by atoms with Crippen molar-refractivity contribution in [3.63, 3.8) is 0 Å². The second kappa shape index (κ2) is 6.10. The summed E-state index contributed by atoms with van der Waals surface area (Å²) in [4.78, 5) is 0.0586. The lowest BCUT2D eigenvalue weighted by Crippen LogP contribution is -2.40. The van der Waals surface area contributed by atoms with E-state index in [1.54, 1.807) is 7.11 Å². The third-order valence-corrected chi connectivity index (χ3v) is 5.23. The van der Waals surface area contributed by atoms with E-state index in [-0.39, 0.29) is 27.6 Å². The van der Waals surface area contributed by atoms with Crippen LogP contribution in [0, 0.1) is 11.3 Å². The Kier molecular flexibility index (Phi) is 4.66. The topological polar surface area (TPSA) is 79.2 Å². The molecular formula is C13H15ClN2O3S. The number of nitrogens with one attached hydrogen (secondary N) is 1. The zero-order valence-corrected chi connectivity index (χ0v) is 12.5. The van der Waals surface area contributed by atoms with Crippen LogP contribution in [0.5, 0.6) is 0 Å². The molecular weight excluding hydrogens is 300 g/mol. The predicted molar refractivity (Wildman–Crippen MR) is 74.9 cm³/mol. The Balaban J connectivity index is 2.23. The number of rotatable bonds is 4. The van der Waals surface area contributed by atoms with Crippen molar-refractivity contribution < 1.29 is 13.2 Å². The van der Waals surface area contributed by atoms with Gasteiger partial charge in [0.2, 0.25) is 10.0 Å². The Bertz CT molecular complexity index is 640. The fourth-order valence-corrected chi connectivity index (χ4v) is 3.98. The molecule has 0 aliphatic heterocycles. The molecule has 0 aromatic heterocycles. The minimum Gasteiger partial charge on any atom is -0.380 e. The molecule has 1 aliphatic rings. The molecule has 2 atom stereocenters. The molecule has 1 N–H and O–H groups in total. The maximum atomic E-state index is 12.3. The van der Waals surface area contributed by atoms with Gasteiger partial charge in [0, 0.05) is 13.2 Å². The number of hydrogen-bond acceptors (Lipinski definition) is 4. The van der Waals surface area contributed by atoms with Gasteiger partial charge in [-0.3, -0.25) is 0 Å². The third-order valence-electron chi connectivity index (χ3n) is 3.43. The number of benzene rings is 1. The molecule has 0 bridgehead atoms. The largest absolute Gasteiger partial charge is 0.380 e. The third kappa shape index (κ3) is 3.13. The van der Waals surface area contributed by atoms with Gasteiger partial charge in [0.1, 0.15) is 6.07 Å². The summed E-state index contributed by atoms with van der Waals surface area (Å²) in [5, 5.41) is 8.92. The Morgan fingerprint density at radius 1 is 1.45 bits per heavy atom. The van der Waals surface area contributed by atoms with Crippen LogP contribution in [0.2, 0.25) is 5.02 Å². The summed E-state index contributed by atoms with van der Waals surface area (Å²) < 4.78 is 32.5. The van der Waals surface area contributed by atoms with Gasteiger partial charge >= 0.3 is 0 Å². The summed E-state index contributed by atoms with van der Waals surface area (Å²) in [5.41, 5.74) is 0.251. The number of halogens is 1. The first-order valence-electron chi connectivity index (χ1n) is 6.22. The van der Waals surface area contributed by atoms with Crippen LogP contribution in [0.4, 0.5) is 0 Å². The lowest BCUT2D eigenvalue weighted by molar-refractivity contribution is 0.0916. The minimum atomic E-state index is -3.66. The second-order valence-electron chi connectivity index (χ2n) is 4.69. The van der Waals surface area contributed by atoms with Crippen molar-refractivity contribution >= 4 is 21.6 Å². The summed E-state index contributed by atoms with van der Waals surface area (Å²) in [6, 6.07) is 5.74. The van der Waals surface area contributed by atoms with Gasteiger partial charge < -0.3 is 4.74 Å². The molecule has 2 unspecified atom stereocenters. The van der Waals surface area contributed by atoms with Crippen LogP contribution in [-0.2, 0) is 14.8 Å². The number of sulfonamides is 1. The standard InChI is InChI=1S/C13H15ClN2O3S/c1-19-13-4-2-3-12(13)16-20(17,18)10-6-5-9(8-15)11(14)7-10/h5-7,12-13,16H,2-4H2,1H3. The number of methoxy groups -OCH3 is 1. The van der Waals surface area contributed by atoms with E-state index < -0.39 is 10.0 Å². The Labute approximate surface area is 123 Å². The maximum Gasteiger partial charge on any atom is 0.240 e. The molecule has 7 heteroatoms. The highest BCUT2D eigenvalue weighted by atomic mass is 35.5.